The van der Waals surface area contributed by atoms with Gasteiger partial charge in [-0.25, -0.2) is 0 Å². The molecule has 0 saturated carbocycles. The molecule has 0 bridgehead atoms. The van der Waals surface area contributed by atoms with E-state index >= 15 is 0 Å². The van der Waals surface area contributed by atoms with Gasteiger partial charge in [0, 0.05) is 13.0 Å². The standard InChI is InChI=1S/C15H19N3O2/c1-4-12-17-13(19)7-14(18-12)20-15-9(2)5-11(8-16)6-10(15)3/h5-7H,4,8,16H2,1-3H3,(H,17,18,19). The lowest BCUT2D eigenvalue weighted by Gasteiger charge is -2.13. The predicted molar refractivity (Wildman–Crippen MR) is 78.1 cm³/mol. The molecule has 1 aromatic carbocycles. The fourth-order valence-electron chi connectivity index (χ4n) is 2.13. The highest BCUT2D eigenvalue weighted by Crippen LogP contribution is 2.28. The Kier molecular flexibility index (Phi) is 4.20. The van der Waals surface area contributed by atoms with Crippen LogP contribution in [-0.2, 0) is 13.0 Å². The third kappa shape index (κ3) is 3.05. The van der Waals surface area contributed by atoms with E-state index in [0.717, 1.165) is 22.4 Å². The van der Waals surface area contributed by atoms with Gasteiger partial charge in [0.05, 0.1) is 6.07 Å². The van der Waals surface area contributed by atoms with Gasteiger partial charge in [0.15, 0.2) is 0 Å². The molecule has 0 atom stereocenters. The van der Waals surface area contributed by atoms with Gasteiger partial charge in [-0.1, -0.05) is 19.1 Å². The zero-order chi connectivity index (χ0) is 14.7. The summed E-state index contributed by atoms with van der Waals surface area (Å²) >= 11 is 0. The van der Waals surface area contributed by atoms with Crippen molar-refractivity contribution in [3.63, 3.8) is 0 Å². The number of H-pyrrole nitrogens is 1. The van der Waals surface area contributed by atoms with E-state index in [-0.39, 0.29) is 5.56 Å². The second kappa shape index (κ2) is 5.88. The smallest absolute Gasteiger partial charge is 0.254 e. The molecule has 2 aromatic rings. The van der Waals surface area contributed by atoms with Crippen molar-refractivity contribution >= 4 is 0 Å². The van der Waals surface area contributed by atoms with E-state index in [1.807, 2.05) is 32.9 Å². The Morgan fingerprint density at radius 1 is 1.25 bits per heavy atom. The van der Waals surface area contributed by atoms with Crippen molar-refractivity contribution in [2.45, 2.75) is 33.7 Å². The van der Waals surface area contributed by atoms with Crippen LogP contribution < -0.4 is 16.0 Å². The van der Waals surface area contributed by atoms with Crippen molar-refractivity contribution in [2.75, 3.05) is 0 Å². The molecule has 5 nitrogen and oxygen atoms in total. The molecule has 0 aliphatic rings. The summed E-state index contributed by atoms with van der Waals surface area (Å²) in [6.07, 6.45) is 0.649. The van der Waals surface area contributed by atoms with Gasteiger partial charge >= 0.3 is 0 Å². The van der Waals surface area contributed by atoms with Gasteiger partial charge in [0.2, 0.25) is 5.88 Å². The van der Waals surface area contributed by atoms with E-state index in [9.17, 15) is 4.79 Å². The number of benzene rings is 1. The minimum atomic E-state index is -0.208. The first-order valence-electron chi connectivity index (χ1n) is 6.61. The second-order valence-corrected chi connectivity index (χ2v) is 4.75. The summed E-state index contributed by atoms with van der Waals surface area (Å²) in [5.41, 5.74) is 8.45. The molecule has 0 radical (unpaired) electrons. The van der Waals surface area contributed by atoms with Crippen molar-refractivity contribution in [3.8, 4) is 11.6 Å². The van der Waals surface area contributed by atoms with E-state index in [2.05, 4.69) is 9.97 Å². The summed E-state index contributed by atoms with van der Waals surface area (Å²) in [6.45, 7) is 6.32. The minimum Gasteiger partial charge on any atom is -0.438 e. The topological polar surface area (TPSA) is 81.0 Å². The quantitative estimate of drug-likeness (QED) is 0.894. The fourth-order valence-corrected chi connectivity index (χ4v) is 2.13. The molecule has 20 heavy (non-hydrogen) atoms. The van der Waals surface area contributed by atoms with Crippen LogP contribution in [0.3, 0.4) is 0 Å². The fraction of sp³-hybridized carbons (Fsp3) is 0.333. The average molecular weight is 273 g/mol. The van der Waals surface area contributed by atoms with Gasteiger partial charge in [-0.05, 0) is 30.5 Å². The number of rotatable bonds is 4. The van der Waals surface area contributed by atoms with Crippen LogP contribution in [0.4, 0.5) is 0 Å². The third-order valence-corrected chi connectivity index (χ3v) is 3.06. The lowest BCUT2D eigenvalue weighted by Crippen LogP contribution is -2.10. The minimum absolute atomic E-state index is 0.208. The van der Waals surface area contributed by atoms with Crippen LogP contribution in [0, 0.1) is 13.8 Å². The van der Waals surface area contributed by atoms with E-state index in [0.29, 0.717) is 24.7 Å². The molecule has 0 aliphatic carbocycles. The Hall–Kier alpha value is -2.14. The highest BCUT2D eigenvalue weighted by molar-refractivity contribution is 5.45. The number of hydrogen-bond acceptors (Lipinski definition) is 4. The summed E-state index contributed by atoms with van der Waals surface area (Å²) in [6, 6.07) is 5.32. The number of aromatic nitrogens is 2. The van der Waals surface area contributed by atoms with E-state index in [1.54, 1.807) is 0 Å². The first-order valence-corrected chi connectivity index (χ1v) is 6.61. The first kappa shape index (κ1) is 14.3. The van der Waals surface area contributed by atoms with Crippen LogP contribution in [0.1, 0.15) is 29.4 Å². The van der Waals surface area contributed by atoms with Gasteiger partial charge in [0.1, 0.15) is 11.6 Å². The van der Waals surface area contributed by atoms with Crippen molar-refractivity contribution in [1.82, 2.24) is 9.97 Å². The number of aryl methyl sites for hydroxylation is 3. The van der Waals surface area contributed by atoms with E-state index in [1.165, 1.54) is 6.07 Å². The molecule has 5 heteroatoms. The van der Waals surface area contributed by atoms with Crippen molar-refractivity contribution < 1.29 is 4.74 Å². The highest BCUT2D eigenvalue weighted by atomic mass is 16.5. The third-order valence-electron chi connectivity index (χ3n) is 3.06. The Morgan fingerprint density at radius 3 is 2.45 bits per heavy atom. The largest absolute Gasteiger partial charge is 0.438 e. The van der Waals surface area contributed by atoms with Crippen molar-refractivity contribution in [1.29, 1.82) is 0 Å². The van der Waals surface area contributed by atoms with E-state index < -0.39 is 0 Å². The number of ether oxygens (including phenoxy) is 1. The maximum Gasteiger partial charge on any atom is 0.254 e. The van der Waals surface area contributed by atoms with Crippen LogP contribution >= 0.6 is 0 Å². The molecular weight excluding hydrogens is 254 g/mol. The van der Waals surface area contributed by atoms with Crippen LogP contribution in [0.5, 0.6) is 11.6 Å². The van der Waals surface area contributed by atoms with Crippen LogP contribution in [0.15, 0.2) is 23.0 Å². The number of nitrogens with zero attached hydrogens (tertiary/aromatic N) is 1. The summed E-state index contributed by atoms with van der Waals surface area (Å²) in [5.74, 6) is 1.65. The first-order chi connectivity index (χ1) is 9.53. The average Bonchev–Trinajstić information content (AvgIpc) is 2.41. The summed E-state index contributed by atoms with van der Waals surface area (Å²) in [7, 11) is 0. The maximum absolute atomic E-state index is 11.5. The SMILES string of the molecule is CCc1nc(Oc2c(C)cc(CN)cc2C)cc(=O)[nH]1. The molecule has 1 aromatic heterocycles. The van der Waals surface area contributed by atoms with Crippen LogP contribution in [-0.4, -0.2) is 9.97 Å². The Morgan fingerprint density at radius 2 is 1.90 bits per heavy atom. The molecular formula is C15H19N3O2. The summed E-state index contributed by atoms with van der Waals surface area (Å²) < 4.78 is 5.79. The molecule has 106 valence electrons. The zero-order valence-electron chi connectivity index (χ0n) is 12.0. The molecule has 0 aliphatic heterocycles. The van der Waals surface area contributed by atoms with Gasteiger partial charge < -0.3 is 15.5 Å². The van der Waals surface area contributed by atoms with Crippen molar-refractivity contribution in [2.24, 2.45) is 5.73 Å². The van der Waals surface area contributed by atoms with Gasteiger partial charge in [-0.2, -0.15) is 4.98 Å². The lowest BCUT2D eigenvalue weighted by molar-refractivity contribution is 0.450. The Bertz CT molecular complexity index is 654. The van der Waals surface area contributed by atoms with Crippen LogP contribution in [0.2, 0.25) is 0 Å². The Balaban J connectivity index is 2.39. The molecule has 0 spiro atoms. The molecule has 0 amide bonds. The number of aromatic amines is 1. The predicted octanol–water partition coefficient (Wildman–Crippen LogP) is 2.20. The lowest BCUT2D eigenvalue weighted by atomic mass is 10.1. The highest BCUT2D eigenvalue weighted by Gasteiger charge is 2.09. The number of nitrogens with one attached hydrogen (secondary N) is 1. The molecule has 0 saturated heterocycles. The number of nitrogens with two attached hydrogens (primary N) is 1. The molecule has 0 fully saturated rings. The zero-order valence-corrected chi connectivity index (χ0v) is 12.0. The van der Waals surface area contributed by atoms with Crippen LogP contribution in [0.25, 0.3) is 0 Å². The molecule has 2 rings (SSSR count). The summed E-state index contributed by atoms with van der Waals surface area (Å²) in [4.78, 5) is 18.5. The monoisotopic (exact) mass is 273 g/mol. The summed E-state index contributed by atoms with van der Waals surface area (Å²) in [5, 5.41) is 0. The molecule has 0 unspecified atom stereocenters. The second-order valence-electron chi connectivity index (χ2n) is 4.75. The van der Waals surface area contributed by atoms with Gasteiger partial charge in [0.25, 0.3) is 5.56 Å². The number of hydrogen-bond donors (Lipinski definition) is 2. The van der Waals surface area contributed by atoms with Gasteiger partial charge in [-0.3, -0.25) is 4.79 Å². The van der Waals surface area contributed by atoms with Gasteiger partial charge in [-0.15, -0.1) is 0 Å². The Labute approximate surface area is 117 Å². The van der Waals surface area contributed by atoms with Crippen molar-refractivity contribution in [3.05, 3.63) is 51.1 Å². The molecule has 3 N–H and O–H groups in total. The molecule has 1 heterocycles. The maximum atomic E-state index is 11.5. The van der Waals surface area contributed by atoms with E-state index in [4.69, 9.17) is 10.5 Å². The normalized spacial score (nSPS) is 10.6.